The maximum absolute atomic E-state index is 5.84. The molecule has 0 saturated carbocycles. The molecule has 0 aromatic heterocycles. The third-order valence-electron chi connectivity index (χ3n) is 1.78. The first-order valence-electron chi connectivity index (χ1n) is 4.90. The second-order valence-corrected chi connectivity index (χ2v) is 8.78. The molecule has 0 N–H and O–H groups in total. The summed E-state index contributed by atoms with van der Waals surface area (Å²) in [6.07, 6.45) is 11.2. The van der Waals surface area contributed by atoms with Gasteiger partial charge in [-0.05, 0) is 31.6 Å². The van der Waals surface area contributed by atoms with E-state index in [1.54, 1.807) is 0 Å². The van der Waals surface area contributed by atoms with Gasteiger partial charge in [-0.15, -0.1) is 0 Å². The summed E-state index contributed by atoms with van der Waals surface area (Å²) >= 11 is 0. The summed E-state index contributed by atoms with van der Waals surface area (Å²) in [5.74, 6) is 0.834. The van der Waals surface area contributed by atoms with Gasteiger partial charge in [0.1, 0.15) is 0 Å². The summed E-state index contributed by atoms with van der Waals surface area (Å²) in [7, 11) is -1.51. The molecule has 0 radical (unpaired) electrons. The smallest absolute Gasteiger partial charge is 0.242 e. The van der Waals surface area contributed by atoms with Crippen molar-refractivity contribution in [2.75, 3.05) is 0 Å². The van der Waals surface area contributed by atoms with Gasteiger partial charge < -0.3 is 4.43 Å². The van der Waals surface area contributed by atoms with Gasteiger partial charge >= 0.3 is 0 Å². The summed E-state index contributed by atoms with van der Waals surface area (Å²) in [6.45, 7) is 10.5. The van der Waals surface area contributed by atoms with E-state index in [0.29, 0.717) is 0 Å². The van der Waals surface area contributed by atoms with Gasteiger partial charge in [0.15, 0.2) is 0 Å². The molecule has 1 rings (SSSR count). The summed E-state index contributed by atoms with van der Waals surface area (Å²) in [5, 5.41) is 0. The van der Waals surface area contributed by atoms with Crippen molar-refractivity contribution in [2.45, 2.75) is 26.1 Å². The Balaban J connectivity index is 2.66. The highest BCUT2D eigenvalue weighted by atomic mass is 28.4. The van der Waals surface area contributed by atoms with E-state index in [9.17, 15) is 0 Å². The number of hydrogen-bond donors (Lipinski definition) is 0. The zero-order valence-electron chi connectivity index (χ0n) is 9.21. The lowest BCUT2D eigenvalue weighted by atomic mass is 10.1. The quantitative estimate of drug-likeness (QED) is 0.504. The predicted octanol–water partition coefficient (Wildman–Crippen LogP) is 3.79. The van der Waals surface area contributed by atoms with Crippen LogP contribution < -0.4 is 0 Å². The van der Waals surface area contributed by atoms with Crippen LogP contribution in [0.5, 0.6) is 0 Å². The van der Waals surface area contributed by atoms with Gasteiger partial charge in [0.05, 0.1) is 5.76 Å². The zero-order chi connectivity index (χ0) is 10.6. The Morgan fingerprint density at radius 1 is 1.29 bits per heavy atom. The monoisotopic (exact) mass is 206 g/mol. The first-order valence-corrected chi connectivity index (χ1v) is 8.30. The normalized spacial score (nSPS) is 16.1. The molecule has 0 aromatic rings. The van der Waals surface area contributed by atoms with Gasteiger partial charge in [-0.3, -0.25) is 0 Å². The van der Waals surface area contributed by atoms with Crippen LogP contribution in [0, 0.1) is 0 Å². The third-order valence-corrected chi connectivity index (χ3v) is 2.64. The molecule has 0 fully saturated rings. The molecule has 0 atom stereocenters. The fourth-order valence-corrected chi connectivity index (χ4v) is 2.09. The average Bonchev–Trinajstić information content (AvgIpc) is 2.27. The molecule has 14 heavy (non-hydrogen) atoms. The lowest BCUT2D eigenvalue weighted by molar-refractivity contribution is 0.433. The van der Waals surface area contributed by atoms with Gasteiger partial charge in [0.25, 0.3) is 0 Å². The topological polar surface area (TPSA) is 9.23 Å². The van der Waals surface area contributed by atoms with E-state index in [1.165, 1.54) is 5.57 Å². The zero-order valence-corrected chi connectivity index (χ0v) is 10.2. The largest absolute Gasteiger partial charge is 0.545 e. The Labute approximate surface area is 87.6 Å². The van der Waals surface area contributed by atoms with Crippen LogP contribution in [-0.4, -0.2) is 8.32 Å². The molecule has 1 aliphatic rings. The molecule has 0 saturated heterocycles. The Morgan fingerprint density at radius 2 is 2.00 bits per heavy atom. The summed E-state index contributed by atoms with van der Waals surface area (Å²) in [6, 6.07) is 0. The fourth-order valence-electron chi connectivity index (χ4n) is 1.22. The molecular weight excluding hydrogens is 188 g/mol. The van der Waals surface area contributed by atoms with Crippen LogP contribution in [0.15, 0.2) is 48.3 Å². The lowest BCUT2D eigenvalue weighted by Crippen LogP contribution is -2.25. The summed E-state index contributed by atoms with van der Waals surface area (Å²) in [5.41, 5.74) is 1.18. The van der Waals surface area contributed by atoms with Gasteiger partial charge in [-0.25, -0.2) is 0 Å². The molecule has 0 amide bonds. The van der Waals surface area contributed by atoms with E-state index in [4.69, 9.17) is 4.43 Å². The first-order chi connectivity index (χ1) is 6.49. The van der Waals surface area contributed by atoms with Crippen molar-refractivity contribution in [3.8, 4) is 0 Å². The Kier molecular flexibility index (Phi) is 3.53. The van der Waals surface area contributed by atoms with Gasteiger partial charge in [-0.2, -0.15) is 0 Å². The highest BCUT2D eigenvalue weighted by molar-refractivity contribution is 6.70. The van der Waals surface area contributed by atoms with E-state index in [0.717, 1.165) is 12.2 Å². The minimum Gasteiger partial charge on any atom is -0.545 e. The van der Waals surface area contributed by atoms with E-state index in [1.807, 2.05) is 18.2 Å². The average molecular weight is 206 g/mol. The Bertz CT molecular complexity index is 303. The second-order valence-electron chi connectivity index (χ2n) is 4.35. The minimum atomic E-state index is -1.51. The lowest BCUT2D eigenvalue weighted by Gasteiger charge is -2.22. The van der Waals surface area contributed by atoms with Crippen LogP contribution in [0.4, 0.5) is 0 Å². The summed E-state index contributed by atoms with van der Waals surface area (Å²) in [4.78, 5) is 0. The molecule has 0 heterocycles. The fraction of sp³-hybridized carbons (Fsp3) is 0.333. The molecule has 0 unspecified atom stereocenters. The highest BCUT2D eigenvalue weighted by Gasteiger charge is 2.18. The summed E-state index contributed by atoms with van der Waals surface area (Å²) < 4.78 is 5.84. The number of rotatable bonds is 3. The third kappa shape index (κ3) is 3.79. The molecule has 0 spiro atoms. The number of allylic oxidation sites excluding steroid dienone is 6. The van der Waals surface area contributed by atoms with Crippen LogP contribution >= 0.6 is 0 Å². The first kappa shape index (κ1) is 11.1. The van der Waals surface area contributed by atoms with Crippen LogP contribution in [0.1, 0.15) is 6.42 Å². The maximum atomic E-state index is 5.84. The van der Waals surface area contributed by atoms with Crippen LogP contribution in [0.25, 0.3) is 0 Å². The molecule has 1 nitrogen and oxygen atoms in total. The van der Waals surface area contributed by atoms with Crippen LogP contribution in [0.3, 0.4) is 0 Å². The molecule has 76 valence electrons. The van der Waals surface area contributed by atoms with Crippen molar-refractivity contribution in [3.05, 3.63) is 48.3 Å². The van der Waals surface area contributed by atoms with Gasteiger partial charge in [0, 0.05) is 0 Å². The molecule has 0 aliphatic heterocycles. The second kappa shape index (κ2) is 4.47. The maximum Gasteiger partial charge on any atom is 0.242 e. The van der Waals surface area contributed by atoms with E-state index < -0.39 is 8.32 Å². The van der Waals surface area contributed by atoms with E-state index >= 15 is 0 Å². The van der Waals surface area contributed by atoms with Crippen LogP contribution in [-0.2, 0) is 4.43 Å². The molecule has 2 heteroatoms. The van der Waals surface area contributed by atoms with Crippen molar-refractivity contribution < 1.29 is 4.43 Å². The van der Waals surface area contributed by atoms with Crippen molar-refractivity contribution in [1.29, 1.82) is 0 Å². The number of hydrogen-bond acceptors (Lipinski definition) is 1. The molecule has 0 aromatic carbocycles. The van der Waals surface area contributed by atoms with Gasteiger partial charge in [-0.1, -0.05) is 37.0 Å². The van der Waals surface area contributed by atoms with E-state index in [-0.39, 0.29) is 0 Å². The molecular formula is C12H18OSi. The van der Waals surface area contributed by atoms with Crippen LogP contribution in [0.2, 0.25) is 19.6 Å². The van der Waals surface area contributed by atoms with Crippen molar-refractivity contribution >= 4 is 8.32 Å². The van der Waals surface area contributed by atoms with Crippen molar-refractivity contribution in [2.24, 2.45) is 0 Å². The standard InChI is InChI=1S/C12H18OSi/c1-11(13-14(2,3)4)12-9-7-5-6-8-10-12/h5-9H,1,10H2,2-4H3. The minimum absolute atomic E-state index is 0.834. The highest BCUT2D eigenvalue weighted by Crippen LogP contribution is 2.20. The molecule has 0 bridgehead atoms. The Morgan fingerprint density at radius 3 is 2.64 bits per heavy atom. The van der Waals surface area contributed by atoms with Crippen molar-refractivity contribution in [3.63, 3.8) is 0 Å². The predicted molar refractivity (Wildman–Crippen MR) is 64.6 cm³/mol. The van der Waals surface area contributed by atoms with Crippen molar-refractivity contribution in [1.82, 2.24) is 0 Å². The van der Waals surface area contributed by atoms with Gasteiger partial charge in [0.2, 0.25) is 8.32 Å². The Hall–Kier alpha value is -1.02. The SMILES string of the molecule is C=C(O[Si](C)(C)C)C1=CC=CC=CC1. The van der Waals surface area contributed by atoms with E-state index in [2.05, 4.69) is 38.4 Å². The molecule has 1 aliphatic carbocycles.